The zero-order chi connectivity index (χ0) is 18.3. The highest BCUT2D eigenvalue weighted by Crippen LogP contribution is 2.17. The van der Waals surface area contributed by atoms with Gasteiger partial charge in [0, 0.05) is 13.1 Å². The molecule has 1 fully saturated rings. The molecule has 1 heterocycles. The van der Waals surface area contributed by atoms with Crippen LogP contribution in [0, 0.1) is 0 Å². The largest absolute Gasteiger partial charge is 0.461 e. The van der Waals surface area contributed by atoms with Crippen molar-refractivity contribution in [3.63, 3.8) is 0 Å². The Balaban J connectivity index is 2.61. The van der Waals surface area contributed by atoms with Crippen molar-refractivity contribution in [1.82, 2.24) is 4.90 Å². The number of nitrogens with two attached hydrogens (primary N) is 1. The monoisotopic (exact) mass is 340 g/mol. The minimum Gasteiger partial charge on any atom is -0.461 e. The molecule has 0 bridgehead atoms. The maximum Gasteiger partial charge on any atom is 0.410 e. The lowest BCUT2D eigenvalue weighted by molar-refractivity contribution is -0.134. The molecular formula is C16H28N4O4. The van der Waals surface area contributed by atoms with Crippen molar-refractivity contribution in [3.8, 4) is 0 Å². The van der Waals surface area contributed by atoms with Crippen LogP contribution in [0.5, 0.6) is 0 Å². The molecular weight excluding hydrogens is 312 g/mol. The summed E-state index contributed by atoms with van der Waals surface area (Å²) in [5.41, 5.74) is -0.0208. The third kappa shape index (κ3) is 6.17. The highest BCUT2D eigenvalue weighted by Gasteiger charge is 2.27. The van der Waals surface area contributed by atoms with Gasteiger partial charge >= 0.3 is 12.1 Å². The van der Waals surface area contributed by atoms with E-state index in [1.54, 1.807) is 18.7 Å². The van der Waals surface area contributed by atoms with Gasteiger partial charge in [0.2, 0.25) is 0 Å². The van der Waals surface area contributed by atoms with Crippen molar-refractivity contribution >= 4 is 23.5 Å². The van der Waals surface area contributed by atoms with E-state index in [1.807, 2.05) is 20.8 Å². The molecule has 1 aliphatic rings. The Hall–Kier alpha value is -2.12. The van der Waals surface area contributed by atoms with Crippen LogP contribution in [0.25, 0.3) is 0 Å². The number of hydrogen-bond acceptors (Lipinski definition) is 7. The number of hydrazone groups is 1. The number of rotatable bonds is 4. The smallest absolute Gasteiger partial charge is 0.410 e. The Morgan fingerprint density at radius 2 is 1.83 bits per heavy atom. The summed E-state index contributed by atoms with van der Waals surface area (Å²) >= 11 is 0. The van der Waals surface area contributed by atoms with E-state index in [-0.39, 0.29) is 24.5 Å². The Kier molecular flexibility index (Phi) is 7.18. The number of piperidine rings is 1. The summed E-state index contributed by atoms with van der Waals surface area (Å²) in [6, 6.07) is 0.00913. The fourth-order valence-electron chi connectivity index (χ4n) is 2.33. The number of esters is 1. The van der Waals surface area contributed by atoms with Crippen LogP contribution >= 0.6 is 0 Å². The Morgan fingerprint density at radius 3 is 2.29 bits per heavy atom. The van der Waals surface area contributed by atoms with Gasteiger partial charge in [-0.05, 0) is 47.5 Å². The van der Waals surface area contributed by atoms with Crippen molar-refractivity contribution in [3.05, 3.63) is 0 Å². The molecule has 1 amide bonds. The van der Waals surface area contributed by atoms with Gasteiger partial charge in [0.05, 0.1) is 18.4 Å². The molecule has 0 aliphatic carbocycles. The second kappa shape index (κ2) is 8.65. The lowest BCUT2D eigenvalue weighted by Crippen LogP contribution is -2.43. The number of likely N-dealkylation sites (tertiary alicyclic amines) is 1. The Morgan fingerprint density at radius 1 is 1.25 bits per heavy atom. The van der Waals surface area contributed by atoms with E-state index in [4.69, 9.17) is 15.3 Å². The first kappa shape index (κ1) is 19.9. The molecule has 1 rings (SSSR count). The van der Waals surface area contributed by atoms with Gasteiger partial charge in [0.25, 0.3) is 0 Å². The summed E-state index contributed by atoms with van der Waals surface area (Å²) in [6.45, 7) is 10.3. The maximum absolute atomic E-state index is 12.0. The molecule has 0 radical (unpaired) electrons. The Labute approximate surface area is 143 Å². The summed E-state index contributed by atoms with van der Waals surface area (Å²) in [4.78, 5) is 30.0. The van der Waals surface area contributed by atoms with Crippen LogP contribution in [0.15, 0.2) is 10.1 Å². The predicted octanol–water partition coefficient (Wildman–Crippen LogP) is 1.72. The van der Waals surface area contributed by atoms with Crippen LogP contribution in [-0.4, -0.2) is 59.7 Å². The van der Waals surface area contributed by atoms with Gasteiger partial charge in [-0.2, -0.15) is 5.10 Å². The average Bonchev–Trinajstić information content (AvgIpc) is 2.47. The topological polar surface area (TPSA) is 107 Å². The maximum atomic E-state index is 12.0. The van der Waals surface area contributed by atoms with Gasteiger partial charge in [0.1, 0.15) is 5.60 Å². The summed E-state index contributed by atoms with van der Waals surface area (Å²) in [5.74, 6) is 4.69. The number of aliphatic imine (C=N–C) groups is 1. The lowest BCUT2D eigenvalue weighted by Gasteiger charge is -2.32. The molecule has 0 aromatic rings. The number of carbonyl (C=O) groups excluding carboxylic acids is 2. The molecule has 0 atom stereocenters. The number of carbonyl (C=O) groups is 2. The van der Waals surface area contributed by atoms with Gasteiger partial charge in [-0.1, -0.05) is 0 Å². The van der Waals surface area contributed by atoms with Crippen molar-refractivity contribution < 1.29 is 19.1 Å². The zero-order valence-electron chi connectivity index (χ0n) is 15.2. The number of ether oxygens (including phenoxy) is 2. The molecule has 2 N–H and O–H groups in total. The van der Waals surface area contributed by atoms with E-state index >= 15 is 0 Å². The Bertz CT molecular complexity index is 515. The molecule has 1 saturated heterocycles. The first-order valence-corrected chi connectivity index (χ1v) is 8.15. The summed E-state index contributed by atoms with van der Waals surface area (Å²) in [6.07, 6.45) is 1.08. The van der Waals surface area contributed by atoms with Crippen LogP contribution in [0.1, 0.15) is 47.5 Å². The molecule has 8 heteroatoms. The highest BCUT2D eigenvalue weighted by atomic mass is 16.6. The first-order valence-electron chi connectivity index (χ1n) is 8.15. The molecule has 136 valence electrons. The van der Waals surface area contributed by atoms with E-state index in [1.165, 1.54) is 0 Å². The minimum absolute atomic E-state index is 0.00913. The van der Waals surface area contributed by atoms with Crippen LogP contribution in [0.2, 0.25) is 0 Å². The molecule has 0 spiro atoms. The van der Waals surface area contributed by atoms with Crippen LogP contribution < -0.4 is 5.84 Å². The summed E-state index contributed by atoms with van der Waals surface area (Å²) in [5, 5.41) is 3.48. The van der Waals surface area contributed by atoms with Crippen molar-refractivity contribution in [2.24, 2.45) is 15.9 Å². The molecule has 0 unspecified atom stereocenters. The van der Waals surface area contributed by atoms with Crippen LogP contribution in [-0.2, 0) is 14.3 Å². The van der Waals surface area contributed by atoms with Crippen molar-refractivity contribution in [2.75, 3.05) is 19.7 Å². The van der Waals surface area contributed by atoms with E-state index in [0.29, 0.717) is 31.6 Å². The normalized spacial score (nSPS) is 17.6. The van der Waals surface area contributed by atoms with Crippen molar-refractivity contribution in [1.29, 1.82) is 0 Å². The van der Waals surface area contributed by atoms with E-state index in [2.05, 4.69) is 10.1 Å². The summed E-state index contributed by atoms with van der Waals surface area (Å²) < 4.78 is 10.3. The number of hydrogen-bond donors (Lipinski definition) is 1. The molecule has 8 nitrogen and oxygen atoms in total. The molecule has 24 heavy (non-hydrogen) atoms. The number of nitrogens with zero attached hydrogens (tertiary/aromatic N) is 3. The van der Waals surface area contributed by atoms with Crippen LogP contribution in [0.4, 0.5) is 4.79 Å². The third-order valence-corrected chi connectivity index (χ3v) is 3.43. The van der Waals surface area contributed by atoms with Crippen LogP contribution in [0.3, 0.4) is 0 Å². The quantitative estimate of drug-likeness (QED) is 0.363. The summed E-state index contributed by atoms with van der Waals surface area (Å²) in [7, 11) is 0. The molecule has 0 aromatic carbocycles. The average molecular weight is 340 g/mol. The SMILES string of the molecule is CCOC(=O)/C(=N/N)C(C)=NC1CCN(C(=O)OC(C)(C)C)CC1. The standard InChI is InChI=1S/C16H28N4O4/c1-6-23-14(21)13(19-17)11(2)18-12-7-9-20(10-8-12)15(22)24-16(3,4)5/h12H,6-10,17H2,1-5H3/b18-11?,19-13+. The van der Waals surface area contributed by atoms with E-state index in [0.717, 1.165) is 0 Å². The zero-order valence-corrected chi connectivity index (χ0v) is 15.2. The third-order valence-electron chi connectivity index (χ3n) is 3.43. The fraction of sp³-hybridized carbons (Fsp3) is 0.750. The minimum atomic E-state index is -0.576. The van der Waals surface area contributed by atoms with E-state index < -0.39 is 11.6 Å². The first-order chi connectivity index (χ1) is 11.2. The van der Waals surface area contributed by atoms with E-state index in [9.17, 15) is 9.59 Å². The lowest BCUT2D eigenvalue weighted by atomic mass is 10.1. The van der Waals surface area contributed by atoms with Gasteiger partial charge in [0.15, 0.2) is 5.71 Å². The molecule has 0 aromatic heterocycles. The number of amides is 1. The highest BCUT2D eigenvalue weighted by molar-refractivity contribution is 6.65. The second-order valence-electron chi connectivity index (χ2n) is 6.61. The molecule has 1 aliphatic heterocycles. The van der Waals surface area contributed by atoms with Gasteiger partial charge in [-0.25, -0.2) is 9.59 Å². The molecule has 0 saturated carbocycles. The van der Waals surface area contributed by atoms with Crippen molar-refractivity contribution in [2.45, 2.75) is 59.1 Å². The van der Waals surface area contributed by atoms with Gasteiger partial charge in [-0.15, -0.1) is 0 Å². The second-order valence-corrected chi connectivity index (χ2v) is 6.61. The van der Waals surface area contributed by atoms with Gasteiger partial charge in [-0.3, -0.25) is 4.99 Å². The van der Waals surface area contributed by atoms with Gasteiger partial charge < -0.3 is 20.2 Å². The fourth-order valence-corrected chi connectivity index (χ4v) is 2.33. The predicted molar refractivity (Wildman–Crippen MR) is 92.2 cm³/mol.